The van der Waals surface area contributed by atoms with Crippen molar-refractivity contribution in [2.45, 2.75) is 23.8 Å². The Morgan fingerprint density at radius 1 is 1.06 bits per heavy atom. The molecule has 162 valence electrons. The molecule has 3 aromatic rings. The van der Waals surface area contributed by atoms with Crippen LogP contribution in [0, 0.1) is 5.82 Å². The number of hydrogen-bond acceptors (Lipinski definition) is 4. The van der Waals surface area contributed by atoms with Crippen molar-refractivity contribution in [3.63, 3.8) is 0 Å². The van der Waals surface area contributed by atoms with Crippen LogP contribution in [0.4, 0.5) is 4.39 Å². The second-order valence-electron chi connectivity index (χ2n) is 7.24. The van der Waals surface area contributed by atoms with Crippen LogP contribution in [0.25, 0.3) is 5.69 Å². The van der Waals surface area contributed by atoms with Gasteiger partial charge in [0.2, 0.25) is 10.0 Å². The Balaban J connectivity index is 1.37. The number of hydrogen-bond donors (Lipinski definition) is 1. The Kier molecular flexibility index (Phi) is 6.08. The minimum atomic E-state index is -3.75. The molecule has 4 rings (SSSR count). The van der Waals surface area contributed by atoms with E-state index in [9.17, 15) is 17.6 Å². The molecular formula is C21H20ClFN4O3S. The van der Waals surface area contributed by atoms with Crippen LogP contribution < -0.4 is 4.72 Å². The average Bonchev–Trinajstić information content (AvgIpc) is 3.24. The monoisotopic (exact) mass is 462 g/mol. The van der Waals surface area contributed by atoms with E-state index in [1.807, 2.05) is 18.2 Å². The predicted octanol–water partition coefficient (Wildman–Crippen LogP) is 3.25. The largest absolute Gasteiger partial charge is 0.337 e. The zero-order chi connectivity index (χ0) is 22.0. The van der Waals surface area contributed by atoms with E-state index in [0.717, 1.165) is 12.1 Å². The van der Waals surface area contributed by atoms with Gasteiger partial charge in [0, 0.05) is 25.3 Å². The normalized spacial score (nSPS) is 15.2. The fraction of sp³-hybridized carbons (Fsp3) is 0.238. The van der Waals surface area contributed by atoms with Gasteiger partial charge in [-0.15, -0.1) is 0 Å². The first-order valence-electron chi connectivity index (χ1n) is 9.71. The maximum atomic E-state index is 13.0. The summed E-state index contributed by atoms with van der Waals surface area (Å²) in [6, 6.07) is 13.2. The van der Waals surface area contributed by atoms with Crippen LogP contribution in [0.5, 0.6) is 0 Å². The Bertz CT molecular complexity index is 1190. The van der Waals surface area contributed by atoms with Crippen LogP contribution in [0.3, 0.4) is 0 Å². The summed E-state index contributed by atoms with van der Waals surface area (Å²) < 4.78 is 42.2. The van der Waals surface area contributed by atoms with Gasteiger partial charge in [-0.25, -0.2) is 22.2 Å². The zero-order valence-corrected chi connectivity index (χ0v) is 18.0. The van der Waals surface area contributed by atoms with Crippen LogP contribution in [0.1, 0.15) is 23.3 Å². The van der Waals surface area contributed by atoms with Crippen LogP contribution in [0.2, 0.25) is 5.02 Å². The third-order valence-corrected chi connectivity index (χ3v) is 6.99. The van der Waals surface area contributed by atoms with Gasteiger partial charge in [-0.05, 0) is 55.3 Å². The third kappa shape index (κ3) is 4.79. The molecule has 0 bridgehead atoms. The molecule has 7 nitrogen and oxygen atoms in total. The van der Waals surface area contributed by atoms with Crippen molar-refractivity contribution in [2.24, 2.45) is 0 Å². The number of rotatable bonds is 5. The Morgan fingerprint density at radius 3 is 2.42 bits per heavy atom. The topological polar surface area (TPSA) is 84.3 Å². The molecule has 1 aliphatic heterocycles. The number of carbonyl (C=O) groups excluding carboxylic acids is 1. The van der Waals surface area contributed by atoms with Gasteiger partial charge in [-0.3, -0.25) is 4.79 Å². The molecule has 1 N–H and O–H groups in total. The minimum absolute atomic E-state index is 0.0116. The van der Waals surface area contributed by atoms with Gasteiger partial charge in [-0.2, -0.15) is 5.10 Å². The molecule has 0 saturated carbocycles. The maximum absolute atomic E-state index is 13.0. The number of nitrogens with one attached hydrogen (secondary N) is 1. The summed E-state index contributed by atoms with van der Waals surface area (Å²) in [7, 11) is -3.75. The lowest BCUT2D eigenvalue weighted by Crippen LogP contribution is -2.46. The molecule has 0 radical (unpaired) electrons. The molecule has 1 aromatic heterocycles. The molecule has 0 aliphatic carbocycles. The first-order valence-corrected chi connectivity index (χ1v) is 11.6. The van der Waals surface area contributed by atoms with Crippen LogP contribution in [-0.4, -0.2) is 48.1 Å². The Morgan fingerprint density at radius 2 is 1.74 bits per heavy atom. The highest BCUT2D eigenvalue weighted by molar-refractivity contribution is 7.89. The molecule has 0 unspecified atom stereocenters. The number of amides is 1. The van der Waals surface area contributed by atoms with Crippen molar-refractivity contribution in [3.05, 3.63) is 77.3 Å². The van der Waals surface area contributed by atoms with Crippen molar-refractivity contribution in [2.75, 3.05) is 13.1 Å². The SMILES string of the molecule is O=C(c1ccn(-c2ccccc2Cl)n1)N1CCC(NS(=O)(=O)c2ccc(F)cc2)CC1. The lowest BCUT2D eigenvalue weighted by atomic mass is 10.1. The highest BCUT2D eigenvalue weighted by atomic mass is 35.5. The number of aromatic nitrogens is 2. The summed E-state index contributed by atoms with van der Waals surface area (Å²) >= 11 is 6.19. The first-order chi connectivity index (χ1) is 14.8. The fourth-order valence-corrected chi connectivity index (χ4v) is 5.00. The maximum Gasteiger partial charge on any atom is 0.274 e. The van der Waals surface area contributed by atoms with E-state index >= 15 is 0 Å². The van der Waals surface area contributed by atoms with Crippen LogP contribution >= 0.6 is 11.6 Å². The Labute approximate surface area is 184 Å². The fourth-order valence-electron chi connectivity index (χ4n) is 3.47. The molecule has 31 heavy (non-hydrogen) atoms. The van der Waals surface area contributed by atoms with Crippen molar-refractivity contribution in [1.82, 2.24) is 19.4 Å². The van der Waals surface area contributed by atoms with Gasteiger partial charge in [0.15, 0.2) is 5.69 Å². The predicted molar refractivity (Wildman–Crippen MR) is 114 cm³/mol. The number of piperidine rings is 1. The smallest absolute Gasteiger partial charge is 0.274 e. The van der Waals surface area contributed by atoms with E-state index in [0.29, 0.717) is 42.3 Å². The Hall–Kier alpha value is -2.75. The third-order valence-electron chi connectivity index (χ3n) is 5.14. The van der Waals surface area contributed by atoms with E-state index in [2.05, 4.69) is 9.82 Å². The number of halogens is 2. The van der Waals surface area contributed by atoms with Crippen molar-refractivity contribution in [3.8, 4) is 5.69 Å². The number of carbonyl (C=O) groups is 1. The molecule has 2 heterocycles. The summed E-state index contributed by atoms with van der Waals surface area (Å²) in [5.41, 5.74) is 0.974. The number of likely N-dealkylation sites (tertiary alicyclic amines) is 1. The molecule has 1 aliphatic rings. The summed E-state index contributed by atoms with van der Waals surface area (Å²) in [6.45, 7) is 0.794. The number of para-hydroxylation sites is 1. The average molecular weight is 463 g/mol. The number of sulfonamides is 1. The molecular weight excluding hydrogens is 443 g/mol. The van der Waals surface area contributed by atoms with E-state index in [1.54, 1.807) is 27.9 Å². The second-order valence-corrected chi connectivity index (χ2v) is 9.36. The van der Waals surface area contributed by atoms with Gasteiger partial charge in [0.1, 0.15) is 5.82 Å². The second kappa shape index (κ2) is 8.78. The number of benzene rings is 2. The highest BCUT2D eigenvalue weighted by Crippen LogP contribution is 2.20. The van der Waals surface area contributed by atoms with Gasteiger partial charge in [-0.1, -0.05) is 23.7 Å². The van der Waals surface area contributed by atoms with Gasteiger partial charge >= 0.3 is 0 Å². The van der Waals surface area contributed by atoms with Crippen molar-refractivity contribution in [1.29, 1.82) is 0 Å². The van der Waals surface area contributed by atoms with E-state index < -0.39 is 15.8 Å². The standard InChI is InChI=1S/C21H20ClFN4O3S/c22-18-3-1-2-4-20(18)27-14-11-19(24-27)21(28)26-12-9-16(10-13-26)25-31(29,30)17-7-5-15(23)6-8-17/h1-8,11,14,16,25H,9-10,12-13H2. The summed E-state index contributed by atoms with van der Waals surface area (Å²) in [5.74, 6) is -0.714. The van der Waals surface area contributed by atoms with Crippen LogP contribution in [-0.2, 0) is 10.0 Å². The van der Waals surface area contributed by atoms with E-state index in [1.165, 1.54) is 12.1 Å². The van der Waals surface area contributed by atoms with Gasteiger partial charge in [0.25, 0.3) is 5.91 Å². The molecule has 2 aromatic carbocycles. The van der Waals surface area contributed by atoms with E-state index in [4.69, 9.17) is 11.6 Å². The zero-order valence-electron chi connectivity index (χ0n) is 16.4. The van der Waals surface area contributed by atoms with Crippen LogP contribution in [0.15, 0.2) is 65.7 Å². The van der Waals surface area contributed by atoms with Crippen molar-refractivity contribution >= 4 is 27.5 Å². The quantitative estimate of drug-likeness (QED) is 0.630. The molecule has 0 atom stereocenters. The summed E-state index contributed by atoms with van der Waals surface area (Å²) in [4.78, 5) is 14.5. The lowest BCUT2D eigenvalue weighted by molar-refractivity contribution is 0.0705. The molecule has 1 fully saturated rings. The lowest BCUT2D eigenvalue weighted by Gasteiger charge is -2.31. The van der Waals surface area contributed by atoms with Gasteiger partial charge in [0.05, 0.1) is 15.6 Å². The van der Waals surface area contributed by atoms with Gasteiger partial charge < -0.3 is 4.90 Å². The first kappa shape index (κ1) is 21.5. The molecule has 0 spiro atoms. The number of nitrogens with zero attached hydrogens (tertiary/aromatic N) is 3. The molecule has 1 amide bonds. The molecule has 10 heteroatoms. The minimum Gasteiger partial charge on any atom is -0.337 e. The summed E-state index contributed by atoms with van der Waals surface area (Å²) in [5, 5.41) is 4.87. The highest BCUT2D eigenvalue weighted by Gasteiger charge is 2.28. The summed E-state index contributed by atoms with van der Waals surface area (Å²) in [6.07, 6.45) is 2.62. The van der Waals surface area contributed by atoms with E-state index in [-0.39, 0.29) is 16.8 Å². The molecule has 1 saturated heterocycles. The van der Waals surface area contributed by atoms with Crippen molar-refractivity contribution < 1.29 is 17.6 Å².